The van der Waals surface area contributed by atoms with Crippen molar-refractivity contribution in [1.29, 1.82) is 10.5 Å². The first-order valence-corrected chi connectivity index (χ1v) is 28.0. The molecule has 0 aliphatic rings. The highest BCUT2D eigenvalue weighted by molar-refractivity contribution is 6.85. The van der Waals surface area contributed by atoms with Gasteiger partial charge in [0.2, 0.25) is 0 Å². The zero-order valence-electron chi connectivity index (χ0n) is 44.1. The van der Waals surface area contributed by atoms with Crippen molar-refractivity contribution in [3.63, 3.8) is 0 Å². The van der Waals surface area contributed by atoms with Crippen LogP contribution in [0.15, 0.2) is 207 Å². The third kappa shape index (κ3) is 9.91. The highest BCUT2D eigenvalue weighted by atomic mass is 35.5. The van der Waals surface area contributed by atoms with Crippen molar-refractivity contribution in [3.8, 4) is 46.2 Å². The molecule has 16 heteroatoms. The lowest BCUT2D eigenvalue weighted by Crippen LogP contribution is -2.54. The molecule has 0 aliphatic heterocycles. The van der Waals surface area contributed by atoms with Crippen LogP contribution in [0.4, 0.5) is 0 Å². The van der Waals surface area contributed by atoms with Crippen molar-refractivity contribution in [2.45, 2.75) is 13.8 Å². The van der Waals surface area contributed by atoms with Crippen LogP contribution in [0, 0.1) is 22.7 Å². The van der Waals surface area contributed by atoms with Crippen LogP contribution in [0.5, 0.6) is 11.5 Å². The summed E-state index contributed by atoms with van der Waals surface area (Å²) in [4.78, 5) is 20.2. The Morgan fingerprint density at radius 1 is 0.439 bits per heavy atom. The number of hydrogen-bond donors (Lipinski definition) is 0. The molecule has 0 bridgehead atoms. The van der Waals surface area contributed by atoms with Gasteiger partial charge < -0.3 is 18.4 Å². The van der Waals surface area contributed by atoms with Crippen molar-refractivity contribution >= 4 is 126 Å². The summed E-state index contributed by atoms with van der Waals surface area (Å²) in [6.45, 7) is 3.51. The Hall–Kier alpha value is -9.13. The van der Waals surface area contributed by atoms with Crippen LogP contribution in [-0.2, 0) is 0 Å². The van der Waals surface area contributed by atoms with Gasteiger partial charge in [0.05, 0.1) is 78.5 Å². The van der Waals surface area contributed by atoms with E-state index in [1.54, 1.807) is 36.7 Å². The van der Waals surface area contributed by atoms with Crippen LogP contribution in [0.2, 0.25) is 20.1 Å². The van der Waals surface area contributed by atoms with Crippen LogP contribution in [0.3, 0.4) is 0 Å². The average molecular weight is 1140 g/mol. The van der Waals surface area contributed by atoms with Gasteiger partial charge in [-0.3, -0.25) is 9.97 Å². The lowest BCUT2D eigenvalue weighted by atomic mass is 9.50. The Morgan fingerprint density at radius 2 is 0.744 bits per heavy atom. The number of hydrogen-bond acceptors (Lipinski definition) is 8. The smallest absolute Gasteiger partial charge is 0.328 e. The Balaban J connectivity index is 1.44. The van der Waals surface area contributed by atoms with E-state index in [9.17, 15) is 10.5 Å². The molecule has 4 aromatic heterocycles. The van der Waals surface area contributed by atoms with Gasteiger partial charge in [-0.25, -0.2) is 9.97 Å². The SMILES string of the molecule is CCOc1ccc(-c2c3/c(=C(\C#N)c4cnc5cc(Cl)c(Cl)cc5n4)n(B(c4ccccc4)c4ccccc4)c(-c4ccc(OCC)cc4)c3/c(=C(\C#N)c3cnc4cc(Cl)c(Cl)cc4n3)n2B(c2ccccc2)c2ccccc2)cc1. The monoisotopic (exact) mass is 1140 g/mol. The van der Waals surface area contributed by atoms with Crippen LogP contribution in [0.1, 0.15) is 25.2 Å². The second-order valence-electron chi connectivity index (χ2n) is 19.2. The molecular weight excluding hydrogens is 1100 g/mol. The van der Waals surface area contributed by atoms with Crippen molar-refractivity contribution in [3.05, 3.63) is 249 Å². The first kappa shape index (κ1) is 53.5. The predicted molar refractivity (Wildman–Crippen MR) is 334 cm³/mol. The van der Waals surface area contributed by atoms with Crippen LogP contribution in [-0.4, -0.2) is 55.8 Å². The minimum atomic E-state index is -0.636. The largest absolute Gasteiger partial charge is 0.494 e. The molecule has 8 aromatic carbocycles. The molecule has 12 rings (SSSR count). The molecule has 10 nitrogen and oxygen atoms in total. The maximum atomic E-state index is 12.3. The van der Waals surface area contributed by atoms with E-state index in [2.05, 4.69) is 69.6 Å². The molecule has 0 aliphatic carbocycles. The molecule has 12 aromatic rings. The van der Waals surface area contributed by atoms with Gasteiger partial charge in [0.25, 0.3) is 0 Å². The molecule has 0 N–H and O–H groups in total. The van der Waals surface area contributed by atoms with E-state index in [0.29, 0.717) is 89.7 Å². The topological polar surface area (TPSA) is 127 Å². The number of benzene rings is 8. The molecule has 0 spiro atoms. The van der Waals surface area contributed by atoms with Gasteiger partial charge in [-0.15, -0.1) is 0 Å². The molecule has 394 valence electrons. The number of fused-ring (bicyclic) bond motifs is 3. The van der Waals surface area contributed by atoms with E-state index < -0.39 is 13.7 Å². The summed E-state index contributed by atoms with van der Waals surface area (Å²) < 4.78 is 16.7. The molecule has 0 radical (unpaired) electrons. The second kappa shape index (κ2) is 23.2. The van der Waals surface area contributed by atoms with E-state index >= 15 is 0 Å². The van der Waals surface area contributed by atoms with E-state index in [-0.39, 0.29) is 32.6 Å². The standard InChI is InChI=1S/C66H44B2Cl4N8O2/c1-3-81-47-29-25-41(26-30-47)63-61-62(66(50(38-74)60-40-76-56-34-52(70)54(72)36-58(56)78-60)79(63)67(43-17-9-5-10-18-43)44-19-11-6-12-20-44)64(42-27-31-48(32-28-42)82-4-2)80(68(45-21-13-7-14-22-45)46-23-15-8-16-24-46)65(61)49(37-73)59-39-75-55-33-51(69)53(71)35-57(55)77-59/h5-36,39-40H,3-4H2,1-2H3/b65-49-,66-50-. The van der Waals surface area contributed by atoms with Crippen molar-refractivity contribution in [2.75, 3.05) is 13.2 Å². The van der Waals surface area contributed by atoms with Crippen molar-refractivity contribution in [1.82, 2.24) is 28.9 Å². The zero-order chi connectivity index (χ0) is 56.4. The third-order valence-electron chi connectivity index (χ3n) is 14.4. The molecule has 4 heterocycles. The molecule has 0 unspecified atom stereocenters. The van der Waals surface area contributed by atoms with Crippen molar-refractivity contribution in [2.24, 2.45) is 0 Å². The number of aromatic nitrogens is 6. The fraction of sp³-hybridized carbons (Fsp3) is 0.0606. The number of nitriles is 2. The highest BCUT2D eigenvalue weighted by Crippen LogP contribution is 2.38. The van der Waals surface area contributed by atoms with E-state index in [1.807, 2.05) is 135 Å². The first-order valence-electron chi connectivity index (χ1n) is 26.4. The zero-order valence-corrected chi connectivity index (χ0v) is 47.1. The van der Waals surface area contributed by atoms with E-state index in [4.69, 9.17) is 75.8 Å². The molecule has 0 atom stereocenters. The number of halogens is 4. The summed E-state index contributed by atoms with van der Waals surface area (Å²) in [7, 11) is 0. The summed E-state index contributed by atoms with van der Waals surface area (Å²) in [5.74, 6) is 1.32. The maximum Gasteiger partial charge on any atom is 0.328 e. The maximum absolute atomic E-state index is 12.3. The van der Waals surface area contributed by atoms with Crippen LogP contribution >= 0.6 is 46.4 Å². The van der Waals surface area contributed by atoms with Crippen LogP contribution < -0.4 is 42.0 Å². The molecular formula is C66H44B2Cl4N8O2. The molecule has 0 fully saturated rings. The molecule has 0 saturated heterocycles. The number of nitrogens with zero attached hydrogens (tertiary/aromatic N) is 8. The first-order chi connectivity index (χ1) is 40.2. The summed E-state index contributed by atoms with van der Waals surface area (Å²) in [5, 5.41) is 28.0. The molecule has 0 saturated carbocycles. The third-order valence-corrected chi connectivity index (χ3v) is 15.8. The highest BCUT2D eigenvalue weighted by Gasteiger charge is 2.37. The fourth-order valence-electron chi connectivity index (χ4n) is 11.0. The van der Waals surface area contributed by atoms with Gasteiger partial charge in [-0.1, -0.05) is 190 Å². The Kier molecular flexibility index (Phi) is 15.1. The summed E-state index contributed by atoms with van der Waals surface area (Å²) in [6, 6.07) is 68.7. The number of ether oxygens (including phenoxy) is 2. The lowest BCUT2D eigenvalue weighted by Gasteiger charge is -2.24. The van der Waals surface area contributed by atoms with Crippen LogP contribution in [0.25, 0.3) is 66.5 Å². The Labute approximate surface area is 493 Å². The second-order valence-corrected chi connectivity index (χ2v) is 20.9. The predicted octanol–water partition coefficient (Wildman–Crippen LogP) is 11.8. The molecule has 0 amide bonds. The summed E-state index contributed by atoms with van der Waals surface area (Å²) >= 11 is 26.6. The summed E-state index contributed by atoms with van der Waals surface area (Å²) in [6.07, 6.45) is 3.20. The van der Waals surface area contributed by atoms with E-state index in [1.165, 1.54) is 0 Å². The van der Waals surface area contributed by atoms with Gasteiger partial charge in [0, 0.05) is 22.2 Å². The van der Waals surface area contributed by atoms with Gasteiger partial charge in [-0.05, 0) is 97.8 Å². The fourth-order valence-corrected chi connectivity index (χ4v) is 11.6. The lowest BCUT2D eigenvalue weighted by molar-refractivity contribution is 0.340. The average Bonchev–Trinajstić information content (AvgIpc) is 4.22. The van der Waals surface area contributed by atoms with Gasteiger partial charge in [0.1, 0.15) is 46.2 Å². The summed E-state index contributed by atoms with van der Waals surface area (Å²) in [5.41, 5.74) is 9.19. The van der Waals surface area contributed by atoms with E-state index in [0.717, 1.165) is 33.0 Å². The Morgan fingerprint density at radius 3 is 1.04 bits per heavy atom. The van der Waals surface area contributed by atoms with Gasteiger partial charge >= 0.3 is 13.7 Å². The van der Waals surface area contributed by atoms with Gasteiger partial charge in [-0.2, -0.15) is 10.5 Å². The minimum absolute atomic E-state index is 0.182. The van der Waals surface area contributed by atoms with Gasteiger partial charge in [0.15, 0.2) is 0 Å². The number of rotatable bonds is 14. The Bertz CT molecular complexity index is 4240. The quantitative estimate of drug-likeness (QED) is 0.0985. The van der Waals surface area contributed by atoms with Crippen molar-refractivity contribution < 1.29 is 9.47 Å². The minimum Gasteiger partial charge on any atom is -0.494 e. The molecule has 82 heavy (non-hydrogen) atoms. The normalized spacial score (nSPS) is 12.0.